The summed E-state index contributed by atoms with van der Waals surface area (Å²) in [6.07, 6.45) is -0.00168. The lowest BCUT2D eigenvalue weighted by Gasteiger charge is -2.09. The normalized spacial score (nSPS) is 11.0. The van der Waals surface area contributed by atoms with Gasteiger partial charge in [0.15, 0.2) is 0 Å². The summed E-state index contributed by atoms with van der Waals surface area (Å²) in [7, 11) is -3.48. The minimum atomic E-state index is -3.48. The fraction of sp³-hybridized carbons (Fsp3) is 0.462. The molecule has 6 nitrogen and oxygen atoms in total. The summed E-state index contributed by atoms with van der Waals surface area (Å²) < 4.78 is 31.2. The lowest BCUT2D eigenvalue weighted by molar-refractivity contribution is 0.0913. The van der Waals surface area contributed by atoms with Crippen molar-refractivity contribution in [2.45, 2.75) is 20.0 Å². The van der Waals surface area contributed by atoms with Crippen LogP contribution >= 0.6 is 0 Å². The number of rotatable bonds is 6. The molecule has 0 aliphatic carbocycles. The summed E-state index contributed by atoms with van der Waals surface area (Å²) in [6.45, 7) is 4.06. The molecule has 0 amide bonds. The Balaban J connectivity index is 2.67. The zero-order valence-electron chi connectivity index (χ0n) is 11.6. The number of nitrogens with two attached hydrogens (primary N) is 1. The van der Waals surface area contributed by atoms with Gasteiger partial charge in [-0.25, -0.2) is 13.4 Å². The van der Waals surface area contributed by atoms with E-state index in [0.29, 0.717) is 5.69 Å². The molecule has 0 unspecified atom stereocenters. The number of nitrogens with zero attached hydrogens (tertiary/aromatic N) is 1. The first-order valence-corrected chi connectivity index (χ1v) is 7.86. The molecule has 0 atom stereocenters. The summed E-state index contributed by atoms with van der Waals surface area (Å²) in [5.74, 6) is 5.52. The van der Waals surface area contributed by atoms with E-state index >= 15 is 0 Å². The highest BCUT2D eigenvalue weighted by Gasteiger charge is 2.11. The van der Waals surface area contributed by atoms with Gasteiger partial charge in [0, 0.05) is 0 Å². The predicted molar refractivity (Wildman–Crippen MR) is 78.7 cm³/mol. The number of hydrogen-bond donors (Lipinski definition) is 2. The van der Waals surface area contributed by atoms with Gasteiger partial charge in [0.05, 0.1) is 25.0 Å². The minimum absolute atomic E-state index is 0.00168. The van der Waals surface area contributed by atoms with Gasteiger partial charge in [0.2, 0.25) is 10.0 Å². The van der Waals surface area contributed by atoms with Crippen LogP contribution in [0.25, 0.3) is 0 Å². The van der Waals surface area contributed by atoms with E-state index in [0.717, 1.165) is 0 Å². The van der Waals surface area contributed by atoms with E-state index in [1.807, 2.05) is 13.8 Å². The van der Waals surface area contributed by atoms with Gasteiger partial charge in [0.25, 0.3) is 0 Å². The van der Waals surface area contributed by atoms with Crippen LogP contribution in [0.4, 0.5) is 5.82 Å². The molecule has 1 rings (SSSR count). The first-order chi connectivity index (χ1) is 9.43. The second kappa shape index (κ2) is 7.85. The molecule has 1 heterocycles. The van der Waals surface area contributed by atoms with Crippen molar-refractivity contribution in [2.24, 2.45) is 5.73 Å². The van der Waals surface area contributed by atoms with Crippen molar-refractivity contribution in [2.75, 3.05) is 23.6 Å². The number of anilines is 1. The molecule has 0 saturated heterocycles. The first kappa shape index (κ1) is 16.4. The lowest BCUT2D eigenvalue weighted by Crippen LogP contribution is -2.22. The number of sulfonamides is 1. The van der Waals surface area contributed by atoms with Gasteiger partial charge in [-0.1, -0.05) is 12.0 Å². The second-order valence-electron chi connectivity index (χ2n) is 4.25. The molecular formula is C13H19N3O3S. The van der Waals surface area contributed by atoms with Crippen molar-refractivity contribution in [3.8, 4) is 11.8 Å². The van der Waals surface area contributed by atoms with Gasteiger partial charge in [-0.3, -0.25) is 4.72 Å². The third kappa shape index (κ3) is 6.52. The number of ether oxygens (including phenoxy) is 1. The van der Waals surface area contributed by atoms with Crippen molar-refractivity contribution in [3.63, 3.8) is 0 Å². The van der Waals surface area contributed by atoms with Crippen molar-refractivity contribution >= 4 is 15.8 Å². The number of hydrogen-bond acceptors (Lipinski definition) is 5. The van der Waals surface area contributed by atoms with Gasteiger partial charge >= 0.3 is 0 Å². The molecule has 3 N–H and O–H groups in total. The Morgan fingerprint density at radius 1 is 1.45 bits per heavy atom. The highest BCUT2D eigenvalue weighted by Crippen LogP contribution is 2.07. The minimum Gasteiger partial charge on any atom is -0.378 e. The molecule has 0 aliphatic rings. The molecule has 0 aromatic carbocycles. The standard InChI is InChI=1S/C13H19N3O3S/c1-11(2)19-9-10-20(17,18)16-13-7-3-5-12(15-13)6-4-8-14/h3,5,7,11H,8-10,14H2,1-2H3,(H,15,16). The summed E-state index contributed by atoms with van der Waals surface area (Å²) in [5, 5.41) is 0. The summed E-state index contributed by atoms with van der Waals surface area (Å²) in [4.78, 5) is 4.08. The zero-order chi connectivity index (χ0) is 15.0. The third-order valence-corrected chi connectivity index (χ3v) is 3.36. The average Bonchev–Trinajstić information content (AvgIpc) is 2.35. The van der Waals surface area contributed by atoms with Crippen LogP contribution in [-0.2, 0) is 14.8 Å². The van der Waals surface area contributed by atoms with Crippen molar-refractivity contribution in [1.82, 2.24) is 4.98 Å². The summed E-state index contributed by atoms with van der Waals surface area (Å²) in [6, 6.07) is 4.92. The molecule has 0 spiro atoms. The second-order valence-corrected chi connectivity index (χ2v) is 6.10. The average molecular weight is 297 g/mol. The molecule has 0 aliphatic heterocycles. The van der Waals surface area contributed by atoms with Gasteiger partial charge < -0.3 is 10.5 Å². The first-order valence-electron chi connectivity index (χ1n) is 6.21. The highest BCUT2D eigenvalue weighted by atomic mass is 32.2. The summed E-state index contributed by atoms with van der Waals surface area (Å²) >= 11 is 0. The fourth-order valence-electron chi connectivity index (χ4n) is 1.31. The molecule has 20 heavy (non-hydrogen) atoms. The van der Waals surface area contributed by atoms with Crippen LogP contribution in [0.1, 0.15) is 19.5 Å². The fourth-order valence-corrected chi connectivity index (χ4v) is 2.16. The largest absolute Gasteiger partial charge is 0.378 e. The van der Waals surface area contributed by atoms with E-state index < -0.39 is 10.0 Å². The van der Waals surface area contributed by atoms with Gasteiger partial charge in [-0.2, -0.15) is 0 Å². The molecule has 0 radical (unpaired) electrons. The Labute approximate surface area is 119 Å². The van der Waals surface area contributed by atoms with Crippen LogP contribution < -0.4 is 10.5 Å². The topological polar surface area (TPSA) is 94.3 Å². The number of aromatic nitrogens is 1. The molecule has 110 valence electrons. The molecule has 7 heteroatoms. The maximum atomic E-state index is 11.8. The van der Waals surface area contributed by atoms with Gasteiger partial charge in [-0.05, 0) is 31.9 Å². The van der Waals surface area contributed by atoms with E-state index in [1.165, 1.54) is 0 Å². The van der Waals surface area contributed by atoms with Crippen LogP contribution in [0.3, 0.4) is 0 Å². The Kier molecular flexibility index (Phi) is 6.45. The molecule has 0 saturated carbocycles. The van der Waals surface area contributed by atoms with Crippen molar-refractivity contribution in [3.05, 3.63) is 23.9 Å². The van der Waals surface area contributed by atoms with E-state index in [-0.39, 0.29) is 30.8 Å². The lowest BCUT2D eigenvalue weighted by atomic mass is 10.3. The Hall–Kier alpha value is -1.62. The van der Waals surface area contributed by atoms with Crippen LogP contribution in [0.15, 0.2) is 18.2 Å². The van der Waals surface area contributed by atoms with Gasteiger partial charge in [0.1, 0.15) is 11.5 Å². The molecular weight excluding hydrogens is 278 g/mol. The van der Waals surface area contributed by atoms with Gasteiger partial charge in [-0.15, -0.1) is 0 Å². The van der Waals surface area contributed by atoms with E-state index in [2.05, 4.69) is 21.5 Å². The van der Waals surface area contributed by atoms with Crippen LogP contribution in [-0.4, -0.2) is 38.4 Å². The molecule has 0 bridgehead atoms. The van der Waals surface area contributed by atoms with Crippen LogP contribution in [0.2, 0.25) is 0 Å². The van der Waals surface area contributed by atoms with E-state index in [4.69, 9.17) is 10.5 Å². The van der Waals surface area contributed by atoms with E-state index in [9.17, 15) is 8.42 Å². The Morgan fingerprint density at radius 3 is 2.85 bits per heavy atom. The predicted octanol–water partition coefficient (Wildman–Crippen LogP) is 0.559. The van der Waals surface area contributed by atoms with Crippen LogP contribution in [0.5, 0.6) is 0 Å². The Morgan fingerprint density at radius 2 is 2.20 bits per heavy atom. The number of nitrogens with one attached hydrogen (secondary N) is 1. The number of pyridine rings is 1. The monoisotopic (exact) mass is 297 g/mol. The quantitative estimate of drug-likeness (QED) is 0.748. The molecule has 1 aromatic rings. The highest BCUT2D eigenvalue weighted by molar-refractivity contribution is 7.92. The maximum absolute atomic E-state index is 11.8. The summed E-state index contributed by atoms with van der Waals surface area (Å²) in [5.41, 5.74) is 5.74. The SMILES string of the molecule is CC(C)OCCS(=O)(=O)Nc1cccc(C#CCN)n1. The zero-order valence-corrected chi connectivity index (χ0v) is 12.4. The smallest absolute Gasteiger partial charge is 0.236 e. The maximum Gasteiger partial charge on any atom is 0.236 e. The van der Waals surface area contributed by atoms with Crippen molar-refractivity contribution < 1.29 is 13.2 Å². The van der Waals surface area contributed by atoms with Crippen molar-refractivity contribution in [1.29, 1.82) is 0 Å². The Bertz CT molecular complexity index is 588. The van der Waals surface area contributed by atoms with E-state index in [1.54, 1.807) is 18.2 Å². The molecule has 1 aromatic heterocycles. The third-order valence-electron chi connectivity index (χ3n) is 2.13. The molecule has 0 fully saturated rings. The van der Waals surface area contributed by atoms with Crippen LogP contribution in [0, 0.1) is 11.8 Å².